The number of carbonyl (C=O) groups excluding carboxylic acids is 1. The van der Waals surface area contributed by atoms with Crippen LogP contribution >= 0.6 is 12.4 Å². The van der Waals surface area contributed by atoms with Crippen molar-refractivity contribution in [1.82, 2.24) is 5.32 Å². The number of unbranched alkanes of at least 4 members (excludes halogenated alkanes) is 3. The third-order valence-electron chi connectivity index (χ3n) is 3.70. The molecule has 7 heteroatoms. The summed E-state index contributed by atoms with van der Waals surface area (Å²) in [5, 5.41) is 2.82. The second-order valence-corrected chi connectivity index (χ2v) is 5.47. The molecule has 5 nitrogen and oxygen atoms in total. The summed E-state index contributed by atoms with van der Waals surface area (Å²) in [6, 6.07) is 2.38. The van der Waals surface area contributed by atoms with E-state index in [1.165, 1.54) is 20.3 Å². The number of rotatable bonds is 10. The number of nitrogens with two attached hydrogens (primary N) is 1. The van der Waals surface area contributed by atoms with Crippen LogP contribution in [0.4, 0.5) is 4.39 Å². The van der Waals surface area contributed by atoms with E-state index in [0.29, 0.717) is 30.0 Å². The van der Waals surface area contributed by atoms with Gasteiger partial charge in [-0.3, -0.25) is 4.79 Å². The second-order valence-electron chi connectivity index (χ2n) is 5.47. The van der Waals surface area contributed by atoms with Crippen molar-refractivity contribution in [3.8, 4) is 11.5 Å². The largest absolute Gasteiger partial charge is 0.493 e. The van der Waals surface area contributed by atoms with Crippen LogP contribution in [-0.2, 0) is 4.79 Å². The van der Waals surface area contributed by atoms with E-state index >= 15 is 0 Å². The van der Waals surface area contributed by atoms with E-state index in [2.05, 4.69) is 5.32 Å². The molecule has 3 N–H and O–H groups in total. The lowest BCUT2D eigenvalue weighted by atomic mass is 10.1. The average molecular weight is 363 g/mol. The molecule has 0 aliphatic carbocycles. The Bertz CT molecular complexity index is 515. The van der Waals surface area contributed by atoms with Crippen molar-refractivity contribution in [2.75, 3.05) is 20.8 Å². The number of hydrogen-bond donors (Lipinski definition) is 2. The predicted octanol–water partition coefficient (Wildman–Crippen LogP) is 3.35. The molecule has 0 radical (unpaired) electrons. The van der Waals surface area contributed by atoms with Gasteiger partial charge < -0.3 is 20.5 Å². The van der Waals surface area contributed by atoms with E-state index < -0.39 is 11.9 Å². The highest BCUT2D eigenvalue weighted by molar-refractivity contribution is 5.85. The first kappa shape index (κ1) is 22.5. The molecule has 138 valence electrons. The first-order valence-corrected chi connectivity index (χ1v) is 7.94. The molecule has 0 aromatic heterocycles. The predicted molar refractivity (Wildman–Crippen MR) is 95.4 cm³/mol. The first-order chi connectivity index (χ1) is 11.0. The fourth-order valence-electron chi connectivity index (χ4n) is 2.38. The lowest BCUT2D eigenvalue weighted by Gasteiger charge is -2.17. The lowest BCUT2D eigenvalue weighted by Crippen LogP contribution is -2.27. The van der Waals surface area contributed by atoms with Gasteiger partial charge in [-0.15, -0.1) is 12.4 Å². The lowest BCUT2D eigenvalue weighted by molar-refractivity contribution is -0.121. The van der Waals surface area contributed by atoms with Crippen molar-refractivity contribution >= 4 is 18.3 Å². The molecule has 0 aliphatic heterocycles. The van der Waals surface area contributed by atoms with Crippen molar-refractivity contribution in [3.63, 3.8) is 0 Å². The molecule has 1 rings (SSSR count). The quantitative estimate of drug-likeness (QED) is 0.626. The van der Waals surface area contributed by atoms with E-state index in [1.54, 1.807) is 13.0 Å². The Kier molecular flexibility index (Phi) is 11.2. The number of halogens is 2. The van der Waals surface area contributed by atoms with Crippen molar-refractivity contribution in [3.05, 3.63) is 23.5 Å². The Balaban J connectivity index is 0.00000529. The van der Waals surface area contributed by atoms with E-state index in [-0.39, 0.29) is 18.3 Å². The van der Waals surface area contributed by atoms with Gasteiger partial charge in [-0.2, -0.15) is 0 Å². The molecular weight excluding hydrogens is 335 g/mol. The number of benzene rings is 1. The maximum Gasteiger partial charge on any atom is 0.220 e. The highest BCUT2D eigenvalue weighted by Gasteiger charge is 2.17. The van der Waals surface area contributed by atoms with Crippen LogP contribution in [0, 0.1) is 5.82 Å². The van der Waals surface area contributed by atoms with Gasteiger partial charge in [-0.25, -0.2) is 4.39 Å². The normalized spacial score (nSPS) is 11.4. The topological polar surface area (TPSA) is 73.6 Å². The van der Waals surface area contributed by atoms with Crippen molar-refractivity contribution in [1.29, 1.82) is 0 Å². The maximum absolute atomic E-state index is 14.1. The molecule has 1 aromatic carbocycles. The fraction of sp³-hybridized carbons (Fsp3) is 0.588. The summed E-state index contributed by atoms with van der Waals surface area (Å²) in [6.07, 6.45) is 4.24. The minimum Gasteiger partial charge on any atom is -0.493 e. The van der Waals surface area contributed by atoms with E-state index in [0.717, 1.165) is 25.7 Å². The van der Waals surface area contributed by atoms with E-state index in [9.17, 15) is 9.18 Å². The summed E-state index contributed by atoms with van der Waals surface area (Å²) >= 11 is 0. The van der Waals surface area contributed by atoms with Crippen LogP contribution in [0.5, 0.6) is 11.5 Å². The van der Waals surface area contributed by atoms with Crippen molar-refractivity contribution in [2.24, 2.45) is 5.73 Å². The van der Waals surface area contributed by atoms with Crippen LogP contribution in [0.2, 0.25) is 0 Å². The minimum atomic E-state index is -0.439. The molecule has 1 aromatic rings. The molecule has 1 unspecified atom stereocenters. The Morgan fingerprint density at radius 1 is 1.17 bits per heavy atom. The Morgan fingerprint density at radius 3 is 2.33 bits per heavy atom. The molecule has 24 heavy (non-hydrogen) atoms. The molecule has 0 fully saturated rings. The Morgan fingerprint density at radius 2 is 1.75 bits per heavy atom. The van der Waals surface area contributed by atoms with Crippen LogP contribution in [0.1, 0.15) is 50.6 Å². The molecule has 0 heterocycles. The number of nitrogens with one attached hydrogen (secondary N) is 1. The van der Waals surface area contributed by atoms with Gasteiger partial charge in [0.25, 0.3) is 0 Å². The van der Waals surface area contributed by atoms with Crippen LogP contribution in [0.3, 0.4) is 0 Å². The molecule has 0 spiro atoms. The molecule has 1 amide bonds. The van der Waals surface area contributed by atoms with Gasteiger partial charge in [0.15, 0.2) is 11.5 Å². The zero-order valence-corrected chi connectivity index (χ0v) is 15.4. The summed E-state index contributed by atoms with van der Waals surface area (Å²) in [4.78, 5) is 11.9. The summed E-state index contributed by atoms with van der Waals surface area (Å²) < 4.78 is 24.4. The van der Waals surface area contributed by atoms with Crippen molar-refractivity contribution < 1.29 is 18.7 Å². The van der Waals surface area contributed by atoms with Gasteiger partial charge in [0.1, 0.15) is 5.82 Å². The number of amides is 1. The third-order valence-corrected chi connectivity index (χ3v) is 3.70. The second kappa shape index (κ2) is 11.9. The van der Waals surface area contributed by atoms with Crippen LogP contribution in [0.25, 0.3) is 0 Å². The number of hydrogen-bond acceptors (Lipinski definition) is 4. The van der Waals surface area contributed by atoms with E-state index in [4.69, 9.17) is 15.2 Å². The molecule has 0 saturated carbocycles. The highest BCUT2D eigenvalue weighted by Crippen LogP contribution is 2.32. The van der Waals surface area contributed by atoms with Crippen LogP contribution < -0.4 is 20.5 Å². The average Bonchev–Trinajstić information content (AvgIpc) is 2.54. The van der Waals surface area contributed by atoms with Crippen LogP contribution in [-0.4, -0.2) is 26.7 Å². The number of methoxy groups -OCH3 is 2. The summed E-state index contributed by atoms with van der Waals surface area (Å²) in [7, 11) is 2.94. The summed E-state index contributed by atoms with van der Waals surface area (Å²) in [6.45, 7) is 2.43. The van der Waals surface area contributed by atoms with Gasteiger partial charge >= 0.3 is 0 Å². The standard InChI is InChI=1S/C17H27FN2O3.ClH/c1-12(20-17(21)8-6-4-5-7-9-19)13-10-15(22-2)16(23-3)11-14(13)18;/h10-12H,4-9,19H2,1-3H3,(H,20,21);1H. The SMILES string of the molecule is COc1cc(F)c(C(C)NC(=O)CCCCCCN)cc1OC.Cl. The summed E-state index contributed by atoms with van der Waals surface area (Å²) in [5.41, 5.74) is 5.80. The minimum absolute atomic E-state index is 0. The zero-order chi connectivity index (χ0) is 17.2. The highest BCUT2D eigenvalue weighted by atomic mass is 35.5. The smallest absolute Gasteiger partial charge is 0.220 e. The monoisotopic (exact) mass is 362 g/mol. The summed E-state index contributed by atoms with van der Waals surface area (Å²) in [5.74, 6) is 0.247. The molecule has 1 atom stereocenters. The number of ether oxygens (including phenoxy) is 2. The van der Waals surface area contributed by atoms with Gasteiger partial charge in [0.2, 0.25) is 5.91 Å². The Labute approximate surface area is 149 Å². The van der Waals surface area contributed by atoms with Gasteiger partial charge in [0.05, 0.1) is 20.3 Å². The molecule has 0 bridgehead atoms. The third kappa shape index (κ3) is 6.93. The molecule has 0 aliphatic rings. The first-order valence-electron chi connectivity index (χ1n) is 7.94. The van der Waals surface area contributed by atoms with E-state index in [1.807, 2.05) is 0 Å². The maximum atomic E-state index is 14.1. The van der Waals surface area contributed by atoms with Crippen molar-refractivity contribution in [2.45, 2.75) is 45.1 Å². The zero-order valence-electron chi connectivity index (χ0n) is 14.6. The fourth-order valence-corrected chi connectivity index (χ4v) is 2.38. The Hall–Kier alpha value is -1.53. The van der Waals surface area contributed by atoms with Gasteiger partial charge in [-0.1, -0.05) is 12.8 Å². The van der Waals surface area contributed by atoms with Gasteiger partial charge in [-0.05, 0) is 32.4 Å². The van der Waals surface area contributed by atoms with Gasteiger partial charge in [0, 0.05) is 18.1 Å². The number of carbonyl (C=O) groups is 1. The molecule has 0 saturated heterocycles. The molecular formula is C17H28ClFN2O3. The van der Waals surface area contributed by atoms with Crippen LogP contribution in [0.15, 0.2) is 12.1 Å².